The highest BCUT2D eigenvalue weighted by atomic mass is 19.1. The summed E-state index contributed by atoms with van der Waals surface area (Å²) in [6.07, 6.45) is 3.25. The molecule has 1 fully saturated rings. The quantitative estimate of drug-likeness (QED) is 0.571. The number of benzene rings is 2. The van der Waals surface area contributed by atoms with Crippen LogP contribution in [0.4, 0.5) is 8.78 Å². The molecular formula is C23H22F2O2. The molecule has 140 valence electrons. The smallest absolute Gasteiger partial charge is 0.157 e. The lowest BCUT2D eigenvalue weighted by Crippen LogP contribution is -2.31. The molecule has 27 heavy (non-hydrogen) atoms. The largest absolute Gasteiger partial charge is 0.352 e. The van der Waals surface area contributed by atoms with Crippen LogP contribution in [-0.4, -0.2) is 19.5 Å². The molecule has 0 unspecified atom stereocenters. The number of hydrogen-bond acceptors (Lipinski definition) is 2. The van der Waals surface area contributed by atoms with E-state index in [2.05, 4.69) is 18.4 Å². The predicted molar refractivity (Wildman–Crippen MR) is 101 cm³/mol. The zero-order valence-electron chi connectivity index (χ0n) is 15.3. The number of halogens is 2. The van der Waals surface area contributed by atoms with Gasteiger partial charge in [0.15, 0.2) is 6.29 Å². The van der Waals surface area contributed by atoms with E-state index in [-0.39, 0.29) is 17.8 Å². The third-order valence-corrected chi connectivity index (χ3v) is 4.47. The summed E-state index contributed by atoms with van der Waals surface area (Å²) in [4.78, 5) is 0. The molecule has 2 aromatic carbocycles. The molecule has 1 aliphatic rings. The highest BCUT2D eigenvalue weighted by molar-refractivity contribution is 5.45. The Balaban J connectivity index is 1.58. The van der Waals surface area contributed by atoms with Gasteiger partial charge in [-0.3, -0.25) is 0 Å². The van der Waals surface area contributed by atoms with Crippen molar-refractivity contribution >= 4 is 0 Å². The molecule has 3 rings (SSSR count). The molecular weight excluding hydrogens is 346 g/mol. The highest BCUT2D eigenvalue weighted by Crippen LogP contribution is 2.17. The summed E-state index contributed by atoms with van der Waals surface area (Å²) in [5.41, 5.74) is 2.17. The Hall–Kier alpha value is -2.48. The topological polar surface area (TPSA) is 18.5 Å². The highest BCUT2D eigenvalue weighted by Gasteiger charge is 2.19. The maximum absolute atomic E-state index is 13.8. The minimum atomic E-state index is -0.636. The van der Waals surface area contributed by atoms with Gasteiger partial charge >= 0.3 is 0 Å². The van der Waals surface area contributed by atoms with Crippen LogP contribution in [0.2, 0.25) is 0 Å². The van der Waals surface area contributed by atoms with Gasteiger partial charge in [0.1, 0.15) is 11.6 Å². The average Bonchev–Trinajstić information content (AvgIpc) is 2.67. The Morgan fingerprint density at radius 3 is 2.30 bits per heavy atom. The second-order valence-electron chi connectivity index (χ2n) is 6.68. The minimum Gasteiger partial charge on any atom is -0.352 e. The molecule has 1 saturated heterocycles. The fourth-order valence-corrected chi connectivity index (χ4v) is 2.85. The van der Waals surface area contributed by atoms with Gasteiger partial charge in [0.25, 0.3) is 0 Å². The van der Waals surface area contributed by atoms with E-state index in [0.29, 0.717) is 24.3 Å². The summed E-state index contributed by atoms with van der Waals surface area (Å²) in [7, 11) is 0. The normalized spacial score (nSPS) is 19.2. The van der Waals surface area contributed by atoms with Crippen molar-refractivity contribution in [2.24, 2.45) is 5.92 Å². The van der Waals surface area contributed by atoms with Crippen LogP contribution >= 0.6 is 0 Å². The van der Waals surface area contributed by atoms with Crippen LogP contribution in [-0.2, 0) is 15.9 Å². The van der Waals surface area contributed by atoms with Crippen LogP contribution in [0, 0.1) is 36.3 Å². The summed E-state index contributed by atoms with van der Waals surface area (Å²) in [6, 6.07) is 10.2. The first-order chi connectivity index (χ1) is 13.0. The monoisotopic (exact) mass is 368 g/mol. The van der Waals surface area contributed by atoms with E-state index in [9.17, 15) is 8.78 Å². The van der Waals surface area contributed by atoms with E-state index in [1.807, 2.05) is 30.3 Å². The van der Waals surface area contributed by atoms with E-state index in [0.717, 1.165) is 18.4 Å². The van der Waals surface area contributed by atoms with E-state index >= 15 is 0 Å². The first kappa shape index (κ1) is 19.3. The predicted octanol–water partition coefficient (Wildman–Crippen LogP) is 4.78. The average molecular weight is 368 g/mol. The zero-order chi connectivity index (χ0) is 19.2. The van der Waals surface area contributed by atoms with Gasteiger partial charge < -0.3 is 9.47 Å². The van der Waals surface area contributed by atoms with Crippen LogP contribution in [0.1, 0.15) is 28.7 Å². The summed E-state index contributed by atoms with van der Waals surface area (Å²) in [5, 5.41) is 0. The fourth-order valence-electron chi connectivity index (χ4n) is 2.85. The van der Waals surface area contributed by atoms with E-state index in [1.165, 1.54) is 12.1 Å². The molecule has 4 heteroatoms. The van der Waals surface area contributed by atoms with Crippen molar-refractivity contribution in [2.75, 3.05) is 13.2 Å². The Labute approximate surface area is 158 Å². The molecule has 0 aromatic heterocycles. The fraction of sp³-hybridized carbons (Fsp3) is 0.304. The van der Waals surface area contributed by atoms with Crippen LogP contribution in [0.3, 0.4) is 0 Å². The molecule has 0 radical (unpaired) electrons. The van der Waals surface area contributed by atoms with Crippen molar-refractivity contribution in [3.05, 3.63) is 82.9 Å². The Kier molecular flexibility index (Phi) is 6.39. The third kappa shape index (κ3) is 5.26. The molecule has 0 aliphatic carbocycles. The second-order valence-corrected chi connectivity index (χ2v) is 6.68. The van der Waals surface area contributed by atoms with Crippen LogP contribution < -0.4 is 0 Å². The van der Waals surface area contributed by atoms with Crippen molar-refractivity contribution in [3.63, 3.8) is 0 Å². The summed E-state index contributed by atoms with van der Waals surface area (Å²) in [6.45, 7) is 6.68. The maximum Gasteiger partial charge on any atom is 0.157 e. The molecule has 0 N–H and O–H groups in total. The van der Waals surface area contributed by atoms with Crippen LogP contribution in [0.25, 0.3) is 0 Å². The lowest BCUT2D eigenvalue weighted by molar-refractivity contribution is -0.195. The molecule has 0 amide bonds. The van der Waals surface area contributed by atoms with Crippen molar-refractivity contribution in [1.29, 1.82) is 0 Å². The van der Waals surface area contributed by atoms with E-state index in [1.54, 1.807) is 6.92 Å². The standard InChI is InChI=1S/C23H22F2O2/c1-3-17-14-26-23(27-15-17)11-9-19-6-4-18(5-7-19)8-10-20-21(24)12-16(2)13-22(20)25/h3-7,12-13,17,23H,1,9,11,14-15H2,2H3. The molecule has 1 aliphatic heterocycles. The van der Waals surface area contributed by atoms with Gasteiger partial charge in [-0.2, -0.15) is 0 Å². The molecule has 0 atom stereocenters. The van der Waals surface area contributed by atoms with Crippen molar-refractivity contribution in [1.82, 2.24) is 0 Å². The molecule has 0 spiro atoms. The van der Waals surface area contributed by atoms with Gasteiger partial charge in [-0.15, -0.1) is 6.58 Å². The number of hydrogen-bond donors (Lipinski definition) is 0. The summed E-state index contributed by atoms with van der Waals surface area (Å²) in [5.74, 6) is 4.40. The minimum absolute atomic E-state index is 0.187. The van der Waals surface area contributed by atoms with Crippen LogP contribution in [0.5, 0.6) is 0 Å². The van der Waals surface area contributed by atoms with Crippen molar-refractivity contribution in [2.45, 2.75) is 26.1 Å². The van der Waals surface area contributed by atoms with Gasteiger partial charge in [-0.05, 0) is 48.7 Å². The molecule has 2 nitrogen and oxygen atoms in total. The number of rotatable bonds is 4. The SMILES string of the molecule is C=CC1COC(CCc2ccc(C#Cc3c(F)cc(C)cc3F)cc2)OC1. The van der Waals surface area contributed by atoms with Gasteiger partial charge in [0.05, 0.1) is 18.8 Å². The summed E-state index contributed by atoms with van der Waals surface area (Å²) < 4.78 is 39.0. The second kappa shape index (κ2) is 8.94. The molecule has 0 bridgehead atoms. The zero-order valence-corrected chi connectivity index (χ0v) is 15.3. The lowest BCUT2D eigenvalue weighted by atomic mass is 10.1. The van der Waals surface area contributed by atoms with E-state index < -0.39 is 11.6 Å². The first-order valence-electron chi connectivity index (χ1n) is 8.97. The van der Waals surface area contributed by atoms with Crippen LogP contribution in [0.15, 0.2) is 49.1 Å². The van der Waals surface area contributed by atoms with Gasteiger partial charge in [0, 0.05) is 17.9 Å². The maximum atomic E-state index is 13.8. The lowest BCUT2D eigenvalue weighted by Gasteiger charge is -2.27. The van der Waals surface area contributed by atoms with Crippen molar-refractivity contribution < 1.29 is 18.3 Å². The van der Waals surface area contributed by atoms with Gasteiger partial charge in [-0.1, -0.05) is 30.0 Å². The third-order valence-electron chi connectivity index (χ3n) is 4.47. The van der Waals surface area contributed by atoms with E-state index in [4.69, 9.17) is 9.47 Å². The number of aryl methyl sites for hydroxylation is 2. The Bertz CT molecular complexity index is 831. The first-order valence-corrected chi connectivity index (χ1v) is 8.97. The molecule has 0 saturated carbocycles. The van der Waals surface area contributed by atoms with Gasteiger partial charge in [-0.25, -0.2) is 8.78 Å². The number of ether oxygens (including phenoxy) is 2. The molecule has 1 heterocycles. The summed E-state index contributed by atoms with van der Waals surface area (Å²) >= 11 is 0. The Morgan fingerprint density at radius 2 is 1.70 bits per heavy atom. The Morgan fingerprint density at radius 1 is 1.07 bits per heavy atom. The van der Waals surface area contributed by atoms with Gasteiger partial charge in [0.2, 0.25) is 0 Å². The molecule has 2 aromatic rings. The van der Waals surface area contributed by atoms with Crippen molar-refractivity contribution in [3.8, 4) is 11.8 Å².